The molecule has 70 valence electrons. The molecule has 0 amide bonds. The second-order valence-electron chi connectivity index (χ2n) is 3.00. The lowest BCUT2D eigenvalue weighted by Crippen LogP contribution is -2.44. The molecule has 0 spiro atoms. The van der Waals surface area contributed by atoms with E-state index in [1.54, 1.807) is 13.2 Å². The van der Waals surface area contributed by atoms with E-state index in [0.717, 1.165) is 19.5 Å². The Kier molecular flexibility index (Phi) is 4.29. The maximum Gasteiger partial charge on any atom is 0.0728 e. The predicted octanol–water partition coefficient (Wildman–Crippen LogP) is 0.566. The summed E-state index contributed by atoms with van der Waals surface area (Å²) in [6.07, 6.45) is 3.34. The van der Waals surface area contributed by atoms with Gasteiger partial charge in [0.2, 0.25) is 0 Å². The zero-order valence-electron chi connectivity index (χ0n) is 7.58. The Balaban J connectivity index is 2.20. The molecule has 0 aromatic heterocycles. The third-order valence-electron chi connectivity index (χ3n) is 2.05. The van der Waals surface area contributed by atoms with Crippen molar-refractivity contribution in [2.75, 3.05) is 26.8 Å². The maximum absolute atomic E-state index is 5.50. The zero-order chi connectivity index (χ0) is 8.81. The summed E-state index contributed by atoms with van der Waals surface area (Å²) in [4.78, 5) is 0. The molecule has 0 saturated carbocycles. The highest BCUT2D eigenvalue weighted by Crippen LogP contribution is 2.09. The topological polar surface area (TPSA) is 30.5 Å². The Hall–Kier alpha value is -0.380. The van der Waals surface area contributed by atoms with Gasteiger partial charge in [0, 0.05) is 26.6 Å². The molecular weight excluding hydrogens is 154 g/mol. The summed E-state index contributed by atoms with van der Waals surface area (Å²) in [6.45, 7) is 6.09. The smallest absolute Gasteiger partial charge is 0.0728 e. The number of piperidine rings is 1. The van der Waals surface area contributed by atoms with Crippen molar-refractivity contribution in [1.29, 1.82) is 0 Å². The van der Waals surface area contributed by atoms with Crippen LogP contribution < -0.4 is 5.32 Å². The molecule has 3 nitrogen and oxygen atoms in total. The third-order valence-corrected chi connectivity index (χ3v) is 2.05. The summed E-state index contributed by atoms with van der Waals surface area (Å²) in [7, 11) is 1.74. The molecule has 0 radical (unpaired) electrons. The van der Waals surface area contributed by atoms with Crippen molar-refractivity contribution in [2.24, 2.45) is 0 Å². The SMILES string of the molecule is C=CCOC1CNCC(OC)C1. The van der Waals surface area contributed by atoms with Gasteiger partial charge in [0.1, 0.15) is 0 Å². The molecular formula is C9H17NO2. The third kappa shape index (κ3) is 2.93. The van der Waals surface area contributed by atoms with Crippen LogP contribution in [0, 0.1) is 0 Å². The van der Waals surface area contributed by atoms with E-state index in [1.165, 1.54) is 0 Å². The molecule has 1 heterocycles. The lowest BCUT2D eigenvalue weighted by molar-refractivity contribution is -0.0102. The lowest BCUT2D eigenvalue weighted by atomic mass is 10.1. The number of ether oxygens (including phenoxy) is 2. The van der Waals surface area contributed by atoms with Gasteiger partial charge < -0.3 is 14.8 Å². The van der Waals surface area contributed by atoms with Crippen LogP contribution in [0.15, 0.2) is 12.7 Å². The Morgan fingerprint density at radius 3 is 2.92 bits per heavy atom. The van der Waals surface area contributed by atoms with E-state index in [1.807, 2.05) is 0 Å². The van der Waals surface area contributed by atoms with Crippen molar-refractivity contribution >= 4 is 0 Å². The first-order valence-electron chi connectivity index (χ1n) is 4.32. The summed E-state index contributed by atoms with van der Waals surface area (Å²) >= 11 is 0. The van der Waals surface area contributed by atoms with Gasteiger partial charge in [-0.05, 0) is 0 Å². The molecule has 1 saturated heterocycles. The molecule has 1 rings (SSSR count). The molecule has 0 bridgehead atoms. The summed E-state index contributed by atoms with van der Waals surface area (Å²) in [6, 6.07) is 0. The van der Waals surface area contributed by atoms with Crippen LogP contribution in [-0.2, 0) is 9.47 Å². The minimum Gasteiger partial charge on any atom is -0.380 e. The van der Waals surface area contributed by atoms with Crippen LogP contribution in [0.1, 0.15) is 6.42 Å². The van der Waals surface area contributed by atoms with Gasteiger partial charge in [0.25, 0.3) is 0 Å². The largest absolute Gasteiger partial charge is 0.380 e. The molecule has 1 aliphatic heterocycles. The first kappa shape index (κ1) is 9.71. The maximum atomic E-state index is 5.50. The molecule has 1 aliphatic rings. The van der Waals surface area contributed by atoms with Crippen LogP contribution >= 0.6 is 0 Å². The fourth-order valence-corrected chi connectivity index (χ4v) is 1.38. The van der Waals surface area contributed by atoms with Crippen molar-refractivity contribution < 1.29 is 9.47 Å². The molecule has 0 aromatic carbocycles. The highest BCUT2D eigenvalue weighted by atomic mass is 16.5. The van der Waals surface area contributed by atoms with Gasteiger partial charge in [0.05, 0.1) is 18.8 Å². The van der Waals surface area contributed by atoms with Crippen molar-refractivity contribution in [3.63, 3.8) is 0 Å². The van der Waals surface area contributed by atoms with Crippen LogP contribution in [-0.4, -0.2) is 39.0 Å². The van der Waals surface area contributed by atoms with Crippen LogP contribution in [0.25, 0.3) is 0 Å². The van der Waals surface area contributed by atoms with Gasteiger partial charge in [0.15, 0.2) is 0 Å². The van der Waals surface area contributed by atoms with E-state index in [-0.39, 0.29) is 6.10 Å². The zero-order valence-corrected chi connectivity index (χ0v) is 7.58. The molecule has 2 atom stereocenters. The second kappa shape index (κ2) is 5.30. The molecule has 0 aliphatic carbocycles. The van der Waals surface area contributed by atoms with Crippen molar-refractivity contribution in [2.45, 2.75) is 18.6 Å². The van der Waals surface area contributed by atoms with Gasteiger partial charge in [-0.15, -0.1) is 6.58 Å². The summed E-state index contributed by atoms with van der Waals surface area (Å²) in [5, 5.41) is 3.26. The molecule has 1 fully saturated rings. The number of methoxy groups -OCH3 is 1. The standard InChI is InChI=1S/C9H17NO2/c1-3-4-12-9-5-8(11-2)6-10-7-9/h3,8-10H,1,4-7H2,2H3. The summed E-state index contributed by atoms with van der Waals surface area (Å²) < 4.78 is 10.7. The average Bonchev–Trinajstić information content (AvgIpc) is 2.15. The van der Waals surface area contributed by atoms with Crippen LogP contribution in [0.4, 0.5) is 0 Å². The monoisotopic (exact) mass is 171 g/mol. The van der Waals surface area contributed by atoms with Gasteiger partial charge in [-0.2, -0.15) is 0 Å². The number of hydrogen-bond acceptors (Lipinski definition) is 3. The first-order valence-corrected chi connectivity index (χ1v) is 4.32. The Labute approximate surface area is 73.7 Å². The number of rotatable bonds is 4. The van der Waals surface area contributed by atoms with Crippen LogP contribution in [0.2, 0.25) is 0 Å². The van der Waals surface area contributed by atoms with E-state index in [9.17, 15) is 0 Å². The van der Waals surface area contributed by atoms with E-state index in [4.69, 9.17) is 9.47 Å². The lowest BCUT2D eigenvalue weighted by Gasteiger charge is -2.28. The molecule has 3 heteroatoms. The quantitative estimate of drug-likeness (QED) is 0.627. The Morgan fingerprint density at radius 2 is 2.25 bits per heavy atom. The summed E-state index contributed by atoms with van der Waals surface area (Å²) in [5.74, 6) is 0. The summed E-state index contributed by atoms with van der Waals surface area (Å²) in [5.41, 5.74) is 0. The van der Waals surface area contributed by atoms with Crippen LogP contribution in [0.3, 0.4) is 0 Å². The van der Waals surface area contributed by atoms with Crippen molar-refractivity contribution in [1.82, 2.24) is 5.32 Å². The van der Waals surface area contributed by atoms with Gasteiger partial charge in [-0.1, -0.05) is 6.08 Å². The van der Waals surface area contributed by atoms with Gasteiger partial charge in [-0.25, -0.2) is 0 Å². The first-order chi connectivity index (χ1) is 5.86. The second-order valence-corrected chi connectivity index (χ2v) is 3.00. The molecule has 2 unspecified atom stereocenters. The van der Waals surface area contributed by atoms with Gasteiger partial charge >= 0.3 is 0 Å². The van der Waals surface area contributed by atoms with E-state index in [0.29, 0.717) is 12.7 Å². The predicted molar refractivity (Wildman–Crippen MR) is 48.2 cm³/mol. The Morgan fingerprint density at radius 1 is 1.50 bits per heavy atom. The number of nitrogens with one attached hydrogen (secondary N) is 1. The molecule has 0 aromatic rings. The fourth-order valence-electron chi connectivity index (χ4n) is 1.38. The normalized spacial score (nSPS) is 30.1. The van der Waals surface area contributed by atoms with Gasteiger partial charge in [-0.3, -0.25) is 0 Å². The number of hydrogen-bond donors (Lipinski definition) is 1. The van der Waals surface area contributed by atoms with Crippen molar-refractivity contribution in [3.05, 3.63) is 12.7 Å². The van der Waals surface area contributed by atoms with Crippen molar-refractivity contribution in [3.8, 4) is 0 Å². The molecule has 1 N–H and O–H groups in total. The minimum atomic E-state index is 0.279. The van der Waals surface area contributed by atoms with E-state index >= 15 is 0 Å². The Bertz CT molecular complexity index is 138. The van der Waals surface area contributed by atoms with Crippen LogP contribution in [0.5, 0.6) is 0 Å². The highest BCUT2D eigenvalue weighted by molar-refractivity contribution is 4.78. The van der Waals surface area contributed by atoms with E-state index in [2.05, 4.69) is 11.9 Å². The molecule has 12 heavy (non-hydrogen) atoms. The minimum absolute atomic E-state index is 0.279. The van der Waals surface area contributed by atoms with E-state index < -0.39 is 0 Å². The fraction of sp³-hybridized carbons (Fsp3) is 0.778. The highest BCUT2D eigenvalue weighted by Gasteiger charge is 2.20. The average molecular weight is 171 g/mol.